The number of rotatable bonds is 4. The summed E-state index contributed by atoms with van der Waals surface area (Å²) in [7, 11) is 0. The molecule has 1 unspecified atom stereocenters. The maximum Gasteiger partial charge on any atom is 0.322 e. The number of benzene rings is 1. The number of nitrogens with two attached hydrogens (primary N) is 1. The molecule has 0 spiro atoms. The van der Waals surface area contributed by atoms with Crippen molar-refractivity contribution in [1.82, 2.24) is 9.97 Å². The molecule has 0 saturated carbocycles. The van der Waals surface area contributed by atoms with E-state index in [4.69, 9.17) is 10.5 Å². The quantitative estimate of drug-likeness (QED) is 0.894. The molecule has 18 heavy (non-hydrogen) atoms. The third-order valence-electron chi connectivity index (χ3n) is 2.91. The van der Waals surface area contributed by atoms with Crippen LogP contribution >= 0.6 is 0 Å². The number of nitrogens with zero attached hydrogens (tertiary/aromatic N) is 2. The third-order valence-corrected chi connectivity index (χ3v) is 2.91. The van der Waals surface area contributed by atoms with Gasteiger partial charge in [0.05, 0.1) is 18.1 Å². The number of aromatic nitrogens is 2. The van der Waals surface area contributed by atoms with Gasteiger partial charge in [0.1, 0.15) is 5.75 Å². The molecule has 0 amide bonds. The molecular formula is C14H17N3O. The Morgan fingerprint density at radius 2 is 1.89 bits per heavy atom. The fraction of sp³-hybridized carbons (Fsp3) is 0.286. The zero-order valence-corrected chi connectivity index (χ0v) is 10.6. The smallest absolute Gasteiger partial charge is 0.322 e. The van der Waals surface area contributed by atoms with E-state index in [2.05, 4.69) is 29.9 Å². The summed E-state index contributed by atoms with van der Waals surface area (Å²) >= 11 is 0. The first-order valence-electron chi connectivity index (χ1n) is 6.05. The highest BCUT2D eigenvalue weighted by Crippen LogP contribution is 2.30. The van der Waals surface area contributed by atoms with Gasteiger partial charge in [0.15, 0.2) is 0 Å². The standard InChI is InChI=1S/C14H17N3O/c1-3-10(2)12-6-4-5-7-13(12)18-14-16-8-11(15)9-17-14/h4-10H,3,15H2,1-2H3. The number of hydrogen-bond donors (Lipinski definition) is 1. The Kier molecular flexibility index (Phi) is 3.77. The van der Waals surface area contributed by atoms with Gasteiger partial charge in [-0.3, -0.25) is 0 Å². The van der Waals surface area contributed by atoms with Crippen LogP contribution < -0.4 is 10.5 Å². The summed E-state index contributed by atoms with van der Waals surface area (Å²) in [4.78, 5) is 8.08. The molecule has 1 aromatic heterocycles. The van der Waals surface area contributed by atoms with Gasteiger partial charge < -0.3 is 10.5 Å². The molecule has 1 heterocycles. The highest BCUT2D eigenvalue weighted by molar-refractivity contribution is 5.38. The van der Waals surface area contributed by atoms with E-state index in [0.29, 0.717) is 17.6 Å². The molecule has 1 atom stereocenters. The number of nitrogen functional groups attached to an aromatic ring is 1. The first-order valence-corrected chi connectivity index (χ1v) is 6.05. The largest absolute Gasteiger partial charge is 0.424 e. The van der Waals surface area contributed by atoms with Crippen molar-refractivity contribution in [3.63, 3.8) is 0 Å². The molecule has 94 valence electrons. The molecule has 4 nitrogen and oxygen atoms in total. The number of hydrogen-bond acceptors (Lipinski definition) is 4. The third kappa shape index (κ3) is 2.77. The number of anilines is 1. The van der Waals surface area contributed by atoms with Crippen LogP contribution in [0.25, 0.3) is 0 Å². The normalized spacial score (nSPS) is 12.1. The van der Waals surface area contributed by atoms with Crippen molar-refractivity contribution < 1.29 is 4.74 Å². The van der Waals surface area contributed by atoms with Crippen molar-refractivity contribution in [3.8, 4) is 11.8 Å². The van der Waals surface area contributed by atoms with Gasteiger partial charge in [-0.2, -0.15) is 0 Å². The Morgan fingerprint density at radius 1 is 1.22 bits per heavy atom. The molecule has 0 saturated heterocycles. The maximum atomic E-state index is 5.71. The van der Waals surface area contributed by atoms with E-state index in [9.17, 15) is 0 Å². The monoisotopic (exact) mass is 243 g/mol. The molecule has 0 radical (unpaired) electrons. The van der Waals surface area contributed by atoms with Crippen molar-refractivity contribution >= 4 is 5.69 Å². The van der Waals surface area contributed by atoms with Crippen LogP contribution in [-0.2, 0) is 0 Å². The average Bonchev–Trinajstić information content (AvgIpc) is 2.41. The van der Waals surface area contributed by atoms with Crippen molar-refractivity contribution in [3.05, 3.63) is 42.2 Å². The van der Waals surface area contributed by atoms with Crippen molar-refractivity contribution in [1.29, 1.82) is 0 Å². The predicted molar refractivity (Wildman–Crippen MR) is 71.7 cm³/mol. The van der Waals surface area contributed by atoms with E-state index in [0.717, 1.165) is 12.2 Å². The summed E-state index contributed by atoms with van der Waals surface area (Å²) in [6, 6.07) is 8.28. The van der Waals surface area contributed by atoms with Crippen LogP contribution in [0.2, 0.25) is 0 Å². The highest BCUT2D eigenvalue weighted by Gasteiger charge is 2.11. The molecule has 2 N–H and O–H groups in total. The van der Waals surface area contributed by atoms with E-state index in [-0.39, 0.29) is 0 Å². The molecule has 0 fully saturated rings. The summed E-state index contributed by atoms with van der Waals surface area (Å²) in [5.41, 5.74) is 7.23. The van der Waals surface area contributed by atoms with Gasteiger partial charge in [0.2, 0.25) is 0 Å². The average molecular weight is 243 g/mol. The summed E-state index contributed by atoms with van der Waals surface area (Å²) < 4.78 is 5.71. The minimum atomic E-state index is 0.319. The molecule has 2 rings (SSSR count). The van der Waals surface area contributed by atoms with Gasteiger partial charge in [0, 0.05) is 0 Å². The Morgan fingerprint density at radius 3 is 2.56 bits per heavy atom. The van der Waals surface area contributed by atoms with E-state index in [1.807, 2.05) is 18.2 Å². The van der Waals surface area contributed by atoms with Crippen LogP contribution in [0.3, 0.4) is 0 Å². The van der Waals surface area contributed by atoms with Gasteiger partial charge in [0.25, 0.3) is 0 Å². The molecular weight excluding hydrogens is 226 g/mol. The lowest BCUT2D eigenvalue weighted by molar-refractivity contribution is 0.432. The second-order valence-corrected chi connectivity index (χ2v) is 4.25. The molecule has 0 aliphatic heterocycles. The second-order valence-electron chi connectivity index (χ2n) is 4.25. The minimum absolute atomic E-state index is 0.319. The highest BCUT2D eigenvalue weighted by atomic mass is 16.5. The van der Waals surface area contributed by atoms with Gasteiger partial charge >= 0.3 is 6.01 Å². The van der Waals surface area contributed by atoms with E-state index < -0.39 is 0 Å². The summed E-state index contributed by atoms with van der Waals surface area (Å²) in [5.74, 6) is 1.24. The fourth-order valence-corrected chi connectivity index (χ4v) is 1.68. The summed E-state index contributed by atoms with van der Waals surface area (Å²) in [6.45, 7) is 4.33. The summed E-state index contributed by atoms with van der Waals surface area (Å²) in [6.07, 6.45) is 4.13. The maximum absolute atomic E-state index is 5.71. The zero-order valence-electron chi connectivity index (χ0n) is 10.6. The fourth-order valence-electron chi connectivity index (χ4n) is 1.68. The van der Waals surface area contributed by atoms with E-state index in [1.54, 1.807) is 0 Å². The Bertz CT molecular complexity index is 511. The Labute approximate surface area is 107 Å². The summed E-state index contributed by atoms with van der Waals surface area (Å²) in [5, 5.41) is 0. The van der Waals surface area contributed by atoms with Crippen LogP contribution in [0.4, 0.5) is 5.69 Å². The van der Waals surface area contributed by atoms with E-state index >= 15 is 0 Å². The Hall–Kier alpha value is -2.10. The number of ether oxygens (including phenoxy) is 1. The second kappa shape index (κ2) is 5.49. The predicted octanol–water partition coefficient (Wildman–Crippen LogP) is 3.36. The lowest BCUT2D eigenvalue weighted by Crippen LogP contribution is -1.98. The zero-order chi connectivity index (χ0) is 13.0. The first-order chi connectivity index (χ1) is 8.70. The van der Waals surface area contributed by atoms with Gasteiger partial charge in [-0.15, -0.1) is 0 Å². The van der Waals surface area contributed by atoms with Crippen LogP contribution in [0.5, 0.6) is 11.8 Å². The van der Waals surface area contributed by atoms with Crippen molar-refractivity contribution in [2.24, 2.45) is 0 Å². The van der Waals surface area contributed by atoms with Gasteiger partial charge in [-0.05, 0) is 24.0 Å². The van der Waals surface area contributed by atoms with E-state index in [1.165, 1.54) is 18.0 Å². The number of para-hydroxylation sites is 1. The molecule has 4 heteroatoms. The first kappa shape index (κ1) is 12.4. The van der Waals surface area contributed by atoms with Crippen LogP contribution in [0.1, 0.15) is 31.7 Å². The van der Waals surface area contributed by atoms with Crippen LogP contribution in [0.15, 0.2) is 36.7 Å². The van der Waals surface area contributed by atoms with Gasteiger partial charge in [-0.1, -0.05) is 32.0 Å². The lowest BCUT2D eigenvalue weighted by atomic mass is 9.98. The minimum Gasteiger partial charge on any atom is -0.424 e. The van der Waals surface area contributed by atoms with Crippen molar-refractivity contribution in [2.75, 3.05) is 5.73 Å². The topological polar surface area (TPSA) is 61.0 Å². The molecule has 0 aliphatic rings. The Balaban J connectivity index is 2.26. The molecule has 2 aromatic rings. The molecule has 0 bridgehead atoms. The van der Waals surface area contributed by atoms with Gasteiger partial charge in [-0.25, -0.2) is 9.97 Å². The van der Waals surface area contributed by atoms with Crippen molar-refractivity contribution in [2.45, 2.75) is 26.2 Å². The SMILES string of the molecule is CCC(C)c1ccccc1Oc1ncc(N)cn1. The molecule has 0 aliphatic carbocycles. The van der Waals surface area contributed by atoms with Crippen LogP contribution in [-0.4, -0.2) is 9.97 Å². The lowest BCUT2D eigenvalue weighted by Gasteiger charge is -2.14. The molecule has 1 aromatic carbocycles. The van der Waals surface area contributed by atoms with Crippen LogP contribution in [0, 0.1) is 0 Å².